The van der Waals surface area contributed by atoms with E-state index in [1.54, 1.807) is 0 Å². The molecule has 0 N–H and O–H groups in total. The van der Waals surface area contributed by atoms with Crippen LogP contribution in [0.2, 0.25) is 18.1 Å². The quantitative estimate of drug-likeness (QED) is 0.419. The van der Waals surface area contributed by atoms with E-state index in [9.17, 15) is 4.79 Å². The van der Waals surface area contributed by atoms with Crippen molar-refractivity contribution in [2.75, 3.05) is 0 Å². The van der Waals surface area contributed by atoms with Gasteiger partial charge in [-0.25, -0.2) is 0 Å². The highest BCUT2D eigenvalue weighted by atomic mass is 28.3. The standard InChI is InChI=1S/C12H24O2Si/c1-8-9-11(14-10(2)13)15(6,7)12(3,4)5/h8-9,11H,1-7H3/b9-8-/t11-/m1/s1. The molecule has 0 amide bonds. The van der Waals surface area contributed by atoms with Crippen LogP contribution >= 0.6 is 0 Å². The van der Waals surface area contributed by atoms with Gasteiger partial charge in [-0.15, -0.1) is 0 Å². The van der Waals surface area contributed by atoms with Gasteiger partial charge in [0.2, 0.25) is 0 Å². The molecule has 88 valence electrons. The third-order valence-corrected chi connectivity index (χ3v) is 8.90. The molecule has 0 aliphatic heterocycles. The summed E-state index contributed by atoms with van der Waals surface area (Å²) in [4.78, 5) is 11.1. The minimum absolute atomic E-state index is 0.0278. The Morgan fingerprint density at radius 2 is 1.80 bits per heavy atom. The average molecular weight is 228 g/mol. The molecule has 0 heterocycles. The van der Waals surface area contributed by atoms with E-state index in [-0.39, 0.29) is 16.7 Å². The highest BCUT2D eigenvalue weighted by molar-refractivity contribution is 6.81. The van der Waals surface area contributed by atoms with Gasteiger partial charge in [-0.1, -0.05) is 46.0 Å². The maximum Gasteiger partial charge on any atom is 0.302 e. The van der Waals surface area contributed by atoms with E-state index >= 15 is 0 Å². The predicted molar refractivity (Wildman–Crippen MR) is 67.6 cm³/mol. The van der Waals surface area contributed by atoms with Crippen LogP contribution < -0.4 is 0 Å². The van der Waals surface area contributed by atoms with E-state index in [0.29, 0.717) is 0 Å². The fourth-order valence-corrected chi connectivity index (χ4v) is 3.20. The molecule has 0 aromatic heterocycles. The van der Waals surface area contributed by atoms with Crippen LogP contribution in [0.15, 0.2) is 12.2 Å². The third kappa shape index (κ3) is 3.82. The van der Waals surface area contributed by atoms with Crippen LogP contribution in [0.5, 0.6) is 0 Å². The Morgan fingerprint density at radius 3 is 2.07 bits per heavy atom. The number of rotatable bonds is 3. The number of hydrogen-bond donors (Lipinski definition) is 0. The van der Waals surface area contributed by atoms with Gasteiger partial charge in [0.1, 0.15) is 13.8 Å². The second-order valence-electron chi connectivity index (χ2n) is 5.53. The van der Waals surface area contributed by atoms with Gasteiger partial charge in [-0.2, -0.15) is 0 Å². The first-order valence-electron chi connectivity index (χ1n) is 5.43. The van der Waals surface area contributed by atoms with E-state index in [0.717, 1.165) is 0 Å². The lowest BCUT2D eigenvalue weighted by Gasteiger charge is -2.41. The van der Waals surface area contributed by atoms with E-state index in [1.165, 1.54) is 6.92 Å². The number of allylic oxidation sites excluding steroid dienone is 1. The lowest BCUT2D eigenvalue weighted by Crippen LogP contribution is -2.50. The molecule has 0 unspecified atom stereocenters. The molecule has 2 nitrogen and oxygen atoms in total. The van der Waals surface area contributed by atoms with Gasteiger partial charge in [0.05, 0.1) is 0 Å². The van der Waals surface area contributed by atoms with Gasteiger partial charge in [0, 0.05) is 6.92 Å². The first kappa shape index (κ1) is 14.4. The van der Waals surface area contributed by atoms with Crippen molar-refractivity contribution in [3.05, 3.63) is 12.2 Å². The average Bonchev–Trinajstić information content (AvgIpc) is 2.00. The van der Waals surface area contributed by atoms with Gasteiger partial charge in [-0.3, -0.25) is 4.79 Å². The fourth-order valence-electron chi connectivity index (χ4n) is 1.21. The van der Waals surface area contributed by atoms with Gasteiger partial charge in [-0.05, 0) is 12.0 Å². The molecule has 1 atom stereocenters. The van der Waals surface area contributed by atoms with E-state index in [4.69, 9.17) is 4.74 Å². The van der Waals surface area contributed by atoms with E-state index < -0.39 is 8.07 Å². The Balaban J connectivity index is 4.98. The molecule has 0 rings (SSSR count). The molecule has 0 aliphatic carbocycles. The molecular weight excluding hydrogens is 204 g/mol. The van der Waals surface area contributed by atoms with E-state index in [2.05, 4.69) is 33.9 Å². The zero-order chi connectivity index (χ0) is 12.3. The van der Waals surface area contributed by atoms with Crippen molar-refractivity contribution in [3.8, 4) is 0 Å². The SMILES string of the molecule is C/C=C\[C@H](OC(C)=O)[Si](C)(C)C(C)(C)C. The first-order chi connectivity index (χ1) is 6.63. The minimum atomic E-state index is -1.65. The third-order valence-electron chi connectivity index (χ3n) is 3.30. The summed E-state index contributed by atoms with van der Waals surface area (Å²) in [6.07, 6.45) is 3.98. The van der Waals surface area contributed by atoms with Crippen LogP contribution in [-0.4, -0.2) is 19.8 Å². The van der Waals surface area contributed by atoms with Gasteiger partial charge in [0.15, 0.2) is 0 Å². The van der Waals surface area contributed by atoms with E-state index in [1.807, 2.05) is 19.1 Å². The summed E-state index contributed by atoms with van der Waals surface area (Å²) < 4.78 is 5.42. The smallest absolute Gasteiger partial charge is 0.302 e. The molecule has 0 saturated heterocycles. The second-order valence-corrected chi connectivity index (χ2v) is 11.0. The van der Waals surface area contributed by atoms with Crippen LogP contribution in [-0.2, 0) is 9.53 Å². The van der Waals surface area contributed by atoms with Crippen LogP contribution in [0, 0.1) is 0 Å². The van der Waals surface area contributed by atoms with Gasteiger partial charge >= 0.3 is 5.97 Å². The molecule has 0 aromatic rings. The second kappa shape index (κ2) is 4.97. The molecule has 0 spiro atoms. The maximum absolute atomic E-state index is 11.1. The maximum atomic E-state index is 11.1. The van der Waals surface area contributed by atoms with Crippen molar-refractivity contribution < 1.29 is 9.53 Å². The molecule has 0 aromatic carbocycles. The monoisotopic (exact) mass is 228 g/mol. The molecular formula is C12H24O2Si. The zero-order valence-corrected chi connectivity index (χ0v) is 12.0. The lowest BCUT2D eigenvalue weighted by atomic mass is 10.2. The van der Waals surface area contributed by atoms with Crippen molar-refractivity contribution in [2.24, 2.45) is 0 Å². The Hall–Kier alpha value is -0.573. The minimum Gasteiger partial charge on any atom is -0.462 e. The fraction of sp³-hybridized carbons (Fsp3) is 0.750. The number of ether oxygens (including phenoxy) is 1. The van der Waals surface area contributed by atoms with Crippen LogP contribution in [0.4, 0.5) is 0 Å². The lowest BCUT2D eigenvalue weighted by molar-refractivity contribution is -0.141. The molecule has 15 heavy (non-hydrogen) atoms. The summed E-state index contributed by atoms with van der Waals surface area (Å²) in [6, 6.07) is 0. The summed E-state index contributed by atoms with van der Waals surface area (Å²) >= 11 is 0. The van der Waals surface area contributed by atoms with Crippen molar-refractivity contribution in [3.63, 3.8) is 0 Å². The normalized spacial score (nSPS) is 15.4. The topological polar surface area (TPSA) is 26.3 Å². The molecule has 0 bridgehead atoms. The number of hydrogen-bond acceptors (Lipinski definition) is 2. The van der Waals surface area contributed by atoms with Crippen molar-refractivity contribution in [1.82, 2.24) is 0 Å². The predicted octanol–water partition coefficient (Wildman–Crippen LogP) is 3.54. The molecule has 3 heteroatoms. The summed E-state index contributed by atoms with van der Waals surface area (Å²) in [7, 11) is -1.65. The summed E-state index contributed by atoms with van der Waals surface area (Å²) in [5.74, 6) is -0.192. The number of carbonyl (C=O) groups excluding carboxylic acids is 1. The summed E-state index contributed by atoms with van der Waals surface area (Å²) in [6.45, 7) is 14.6. The zero-order valence-electron chi connectivity index (χ0n) is 11.0. The van der Waals surface area contributed by atoms with Crippen molar-refractivity contribution in [1.29, 1.82) is 0 Å². The van der Waals surface area contributed by atoms with Gasteiger partial charge < -0.3 is 4.74 Å². The molecule has 0 saturated carbocycles. The molecule has 0 radical (unpaired) electrons. The number of carbonyl (C=O) groups is 1. The summed E-state index contributed by atoms with van der Waals surface area (Å²) in [5.41, 5.74) is -0.0278. The molecule has 0 fully saturated rings. The Kier molecular flexibility index (Phi) is 4.78. The molecule has 0 aliphatic rings. The Morgan fingerprint density at radius 1 is 1.33 bits per heavy atom. The van der Waals surface area contributed by atoms with Crippen molar-refractivity contribution >= 4 is 14.0 Å². The first-order valence-corrected chi connectivity index (χ1v) is 8.50. The van der Waals surface area contributed by atoms with Gasteiger partial charge in [0.25, 0.3) is 0 Å². The van der Waals surface area contributed by atoms with Crippen LogP contribution in [0.3, 0.4) is 0 Å². The highest BCUT2D eigenvalue weighted by Gasteiger charge is 2.43. The highest BCUT2D eigenvalue weighted by Crippen LogP contribution is 2.39. The Bertz CT molecular complexity index is 249. The number of esters is 1. The van der Waals surface area contributed by atoms with Crippen molar-refractivity contribution in [2.45, 2.75) is 58.5 Å². The Labute approximate surface area is 94.7 Å². The van der Waals surface area contributed by atoms with Crippen LogP contribution in [0.25, 0.3) is 0 Å². The van der Waals surface area contributed by atoms with Crippen LogP contribution in [0.1, 0.15) is 34.6 Å². The largest absolute Gasteiger partial charge is 0.462 e. The summed E-state index contributed by atoms with van der Waals surface area (Å²) in [5, 5.41) is 0.215.